The topological polar surface area (TPSA) is 199 Å². The number of nitriles is 1. The lowest BCUT2D eigenvalue weighted by Gasteiger charge is -2.39. The Morgan fingerprint density at radius 2 is 1.44 bits per heavy atom. The van der Waals surface area contributed by atoms with E-state index < -0.39 is 67.7 Å². The van der Waals surface area contributed by atoms with E-state index in [4.69, 9.17) is 37.5 Å². The van der Waals surface area contributed by atoms with Crippen LogP contribution >= 0.6 is 8.53 Å². The van der Waals surface area contributed by atoms with E-state index in [2.05, 4.69) is 15.7 Å². The summed E-state index contributed by atoms with van der Waals surface area (Å²) in [5.74, 6) is 1.28. The molecule has 0 amide bonds. The maximum atomic E-state index is 13.6. The monoisotopic (exact) mass is 925 g/mol. The molecule has 1 fully saturated rings. The molecular formula is C48H56N5O12P. The van der Waals surface area contributed by atoms with E-state index >= 15 is 0 Å². The minimum atomic E-state index is -1.96. The average molecular weight is 926 g/mol. The zero-order chi connectivity index (χ0) is 47.4. The van der Waals surface area contributed by atoms with Crippen LogP contribution in [0, 0.1) is 21.4 Å². The Kier molecular flexibility index (Phi) is 17.4. The van der Waals surface area contributed by atoms with Gasteiger partial charge in [0, 0.05) is 30.4 Å². The zero-order valence-electron chi connectivity index (χ0n) is 38.0. The van der Waals surface area contributed by atoms with Crippen LogP contribution in [0.2, 0.25) is 0 Å². The van der Waals surface area contributed by atoms with Crippen molar-refractivity contribution in [1.82, 2.24) is 14.2 Å². The number of H-pyrrole nitrogens is 1. The summed E-state index contributed by atoms with van der Waals surface area (Å²) in [5, 5.41) is 21.4. The molecule has 1 unspecified atom stereocenters. The molecule has 66 heavy (non-hydrogen) atoms. The van der Waals surface area contributed by atoms with Crippen molar-refractivity contribution in [2.24, 2.45) is 0 Å². The van der Waals surface area contributed by atoms with E-state index in [1.54, 1.807) is 39.3 Å². The summed E-state index contributed by atoms with van der Waals surface area (Å²) in [6.45, 7) is 9.14. The van der Waals surface area contributed by atoms with E-state index in [0.29, 0.717) is 17.1 Å². The lowest BCUT2D eigenvalue weighted by atomic mass is 9.80. The maximum Gasteiger partial charge on any atom is 0.330 e. The van der Waals surface area contributed by atoms with E-state index in [-0.39, 0.29) is 37.4 Å². The summed E-state index contributed by atoms with van der Waals surface area (Å²) in [4.78, 5) is 39.8. The number of nitrogens with one attached hydrogen (secondary N) is 1. The Labute approximate surface area is 384 Å². The van der Waals surface area contributed by atoms with Crippen molar-refractivity contribution in [2.75, 3.05) is 34.2 Å². The first-order valence-corrected chi connectivity index (χ1v) is 22.6. The summed E-state index contributed by atoms with van der Waals surface area (Å²) in [5.41, 5.74) is -0.199. The van der Waals surface area contributed by atoms with Gasteiger partial charge in [0.15, 0.2) is 6.23 Å². The molecule has 350 valence electrons. The van der Waals surface area contributed by atoms with Crippen LogP contribution in [0.1, 0.15) is 75.6 Å². The number of aromatic amines is 1. The number of hydrogen-bond acceptors (Lipinski definition) is 14. The van der Waals surface area contributed by atoms with Gasteiger partial charge in [-0.2, -0.15) is 5.26 Å². The number of ether oxygens (including phenoxy) is 6. The normalized spacial score (nSPS) is 18.3. The molecule has 1 aliphatic heterocycles. The molecule has 18 heteroatoms. The van der Waals surface area contributed by atoms with E-state index in [0.717, 1.165) is 16.7 Å². The van der Waals surface area contributed by atoms with Crippen molar-refractivity contribution in [1.29, 1.82) is 5.26 Å². The van der Waals surface area contributed by atoms with Gasteiger partial charge in [0.1, 0.15) is 42.2 Å². The largest absolute Gasteiger partial charge is 0.497 e. The molecule has 6 rings (SSSR count). The summed E-state index contributed by atoms with van der Waals surface area (Å²) in [6, 6.07) is 34.2. The fourth-order valence-electron chi connectivity index (χ4n) is 7.99. The van der Waals surface area contributed by atoms with Gasteiger partial charge < -0.3 is 37.5 Å². The van der Waals surface area contributed by atoms with E-state index in [9.17, 15) is 25.0 Å². The highest BCUT2D eigenvalue weighted by Gasteiger charge is 2.52. The second-order valence-corrected chi connectivity index (χ2v) is 17.3. The van der Waals surface area contributed by atoms with Crippen molar-refractivity contribution < 1.29 is 42.4 Å². The standard InChI is InChI=1S/C48H56N5O12P/c1-32(2)52(33(3)4)66(63-29-13-27-49)65-44-42(30-62-48(35-14-9-8-10-15-35,36-18-22-38(58-6)23-19-36)37-20-24-39(59-7)25-21-37)64-46(51-28-26-43(54)50-47(51)55)45(44)61-31-60-34(5)40-16-11-12-17-41(40)53(56)57/h8-12,14-26,28,32-34,42,44-46H,13,29-31H2,1-7H3,(H,50,54,55)/t34-,42-,44-,45-,46-,66?/m1/s1. The van der Waals surface area contributed by atoms with Crippen molar-refractivity contribution in [3.05, 3.63) is 169 Å². The maximum absolute atomic E-state index is 13.6. The Morgan fingerprint density at radius 1 is 0.848 bits per heavy atom. The summed E-state index contributed by atoms with van der Waals surface area (Å²) >= 11 is 0. The number of rotatable bonds is 23. The third-order valence-electron chi connectivity index (χ3n) is 11.1. The predicted molar refractivity (Wildman–Crippen MR) is 246 cm³/mol. The fourth-order valence-corrected chi connectivity index (χ4v) is 9.75. The smallest absolute Gasteiger partial charge is 0.330 e. The lowest BCUT2D eigenvalue weighted by Crippen LogP contribution is -2.43. The third-order valence-corrected chi connectivity index (χ3v) is 13.2. The number of nitro benzene ring substituents is 1. The third kappa shape index (κ3) is 11.4. The Balaban J connectivity index is 1.49. The SMILES string of the molecule is COc1ccc(C(OC[C@H]2O[C@@H](n3ccc(=O)[nH]c3=O)[C@H](OCO[C@H](C)c3ccccc3[N+](=O)[O-])[C@@H]2OP(OCCC#N)N(C(C)C)C(C)C)(c2ccccc2)c2ccc(OC)cc2)cc1. The molecule has 1 aromatic heterocycles. The second-order valence-electron chi connectivity index (χ2n) is 15.9. The van der Waals surface area contributed by atoms with E-state index in [1.165, 1.54) is 22.9 Å². The van der Waals surface area contributed by atoms with Gasteiger partial charge in [0.2, 0.25) is 0 Å². The molecule has 0 bridgehead atoms. The van der Waals surface area contributed by atoms with Gasteiger partial charge in [-0.15, -0.1) is 0 Å². The second kappa shape index (κ2) is 23.1. The first-order chi connectivity index (χ1) is 31.8. The summed E-state index contributed by atoms with van der Waals surface area (Å²) < 4.78 is 54.7. The van der Waals surface area contributed by atoms with Gasteiger partial charge in [-0.3, -0.25) is 24.5 Å². The average Bonchev–Trinajstić information content (AvgIpc) is 3.65. The van der Waals surface area contributed by atoms with Crippen LogP contribution in [-0.4, -0.2) is 83.8 Å². The molecule has 2 heterocycles. The van der Waals surface area contributed by atoms with Gasteiger partial charge >= 0.3 is 5.69 Å². The highest BCUT2D eigenvalue weighted by Crippen LogP contribution is 2.51. The molecule has 6 atom stereocenters. The van der Waals surface area contributed by atoms with Crippen LogP contribution in [-0.2, 0) is 33.6 Å². The fraction of sp³-hybridized carbons (Fsp3) is 0.396. The molecule has 1 saturated heterocycles. The molecule has 4 aromatic carbocycles. The zero-order valence-corrected chi connectivity index (χ0v) is 38.9. The number of nitrogens with zero attached hydrogens (tertiary/aromatic N) is 4. The van der Waals surface area contributed by atoms with Crippen LogP contribution in [0.3, 0.4) is 0 Å². The van der Waals surface area contributed by atoms with E-state index in [1.807, 2.05) is 107 Å². The Hall–Kier alpha value is -5.80. The van der Waals surface area contributed by atoms with Crippen molar-refractivity contribution in [3.63, 3.8) is 0 Å². The number of para-hydroxylation sites is 1. The van der Waals surface area contributed by atoms with Crippen LogP contribution in [0.15, 0.2) is 125 Å². The number of nitro groups is 1. The number of aromatic nitrogens is 2. The first kappa shape index (κ1) is 49.6. The van der Waals surface area contributed by atoms with Gasteiger partial charge in [0.05, 0.1) is 56.5 Å². The highest BCUT2D eigenvalue weighted by molar-refractivity contribution is 7.44. The quantitative estimate of drug-likeness (QED) is 0.0164. The Bertz CT molecular complexity index is 2440. The van der Waals surface area contributed by atoms with Gasteiger partial charge in [-0.1, -0.05) is 66.7 Å². The summed E-state index contributed by atoms with van der Waals surface area (Å²) in [7, 11) is 1.23. The minimum absolute atomic E-state index is 0.0593. The number of benzene rings is 4. The van der Waals surface area contributed by atoms with Gasteiger partial charge in [-0.05, 0) is 81.6 Å². The Morgan fingerprint density at radius 3 is 2.00 bits per heavy atom. The van der Waals surface area contributed by atoms with Gasteiger partial charge in [-0.25, -0.2) is 9.46 Å². The predicted octanol–water partition coefficient (Wildman–Crippen LogP) is 8.15. The van der Waals surface area contributed by atoms with Crippen LogP contribution in [0.25, 0.3) is 0 Å². The van der Waals surface area contributed by atoms with Crippen LogP contribution in [0.4, 0.5) is 5.69 Å². The molecule has 5 aromatic rings. The number of methoxy groups -OCH3 is 2. The van der Waals surface area contributed by atoms with Crippen LogP contribution in [0.5, 0.6) is 11.5 Å². The molecule has 1 aliphatic rings. The van der Waals surface area contributed by atoms with Crippen LogP contribution < -0.4 is 20.7 Å². The number of hydrogen-bond donors (Lipinski definition) is 1. The minimum Gasteiger partial charge on any atom is -0.497 e. The van der Waals surface area contributed by atoms with Crippen molar-refractivity contribution in [2.45, 2.75) is 89.4 Å². The molecule has 0 aliphatic carbocycles. The molecule has 0 spiro atoms. The molecule has 0 saturated carbocycles. The lowest BCUT2D eigenvalue weighted by molar-refractivity contribution is -0.386. The van der Waals surface area contributed by atoms with Crippen molar-refractivity contribution in [3.8, 4) is 17.6 Å². The molecular weight excluding hydrogens is 870 g/mol. The molecule has 17 nitrogen and oxygen atoms in total. The van der Waals surface area contributed by atoms with Crippen molar-refractivity contribution >= 4 is 14.2 Å². The van der Waals surface area contributed by atoms with Gasteiger partial charge in [0.25, 0.3) is 19.8 Å². The molecule has 1 N–H and O–H groups in total. The summed E-state index contributed by atoms with van der Waals surface area (Å²) in [6.07, 6.45) is -3.89. The molecule has 0 radical (unpaired) electrons. The highest BCUT2D eigenvalue weighted by atomic mass is 31.2. The first-order valence-electron chi connectivity index (χ1n) is 21.5.